The third-order valence-corrected chi connectivity index (χ3v) is 6.73. The number of benzene rings is 1. The van der Waals surface area contributed by atoms with Gasteiger partial charge in [-0.1, -0.05) is 6.42 Å². The predicted octanol–water partition coefficient (Wildman–Crippen LogP) is 2.90. The summed E-state index contributed by atoms with van der Waals surface area (Å²) in [5.74, 6) is 0. The fourth-order valence-electron chi connectivity index (χ4n) is 4.60. The van der Waals surface area contributed by atoms with Crippen LogP contribution < -0.4 is 15.2 Å². The lowest BCUT2D eigenvalue weighted by Gasteiger charge is -2.57. The van der Waals surface area contributed by atoms with Crippen molar-refractivity contribution >= 4 is 32.3 Å². The fraction of sp³-hybridized carbons (Fsp3) is 0.381. The maximum absolute atomic E-state index is 12.8. The lowest BCUT2D eigenvalue weighted by atomic mass is 9.63. The molecule has 2 aromatic heterocycles. The number of aryl methyl sites for hydroxylation is 1. The number of aromatic amines is 1. The zero-order valence-corrected chi connectivity index (χ0v) is 16.8. The fourth-order valence-corrected chi connectivity index (χ4v) is 5.15. The first kappa shape index (κ1) is 15.1. The SMILES string of the molecule is [2H]C([2H])([2H])n1cc(-c2cc(NS(C)(=O)=O)ccc2N2CC3(CCC3)C2)c2cc[nH]c2c1=O. The van der Waals surface area contributed by atoms with Crippen molar-refractivity contribution in [3.63, 3.8) is 0 Å². The van der Waals surface area contributed by atoms with Gasteiger partial charge in [0.05, 0.1) is 6.26 Å². The number of sulfonamides is 1. The number of fused-ring (bicyclic) bond motifs is 1. The van der Waals surface area contributed by atoms with Crippen LogP contribution in [0.5, 0.6) is 0 Å². The monoisotopic (exact) mass is 415 g/mol. The van der Waals surface area contributed by atoms with Crippen LogP contribution in [-0.4, -0.2) is 37.3 Å². The number of H-pyrrole nitrogens is 1. The van der Waals surface area contributed by atoms with Crippen LogP contribution in [0, 0.1) is 5.41 Å². The van der Waals surface area contributed by atoms with Crippen LogP contribution in [0.25, 0.3) is 22.0 Å². The molecule has 0 radical (unpaired) electrons. The van der Waals surface area contributed by atoms with Crippen LogP contribution in [0.15, 0.2) is 41.5 Å². The van der Waals surface area contributed by atoms with E-state index >= 15 is 0 Å². The Hall–Kier alpha value is -2.74. The van der Waals surface area contributed by atoms with E-state index in [-0.39, 0.29) is 5.52 Å². The number of nitrogens with one attached hydrogen (secondary N) is 2. The number of rotatable bonds is 4. The Morgan fingerprint density at radius 3 is 2.66 bits per heavy atom. The molecule has 1 spiro atoms. The number of hydrogen-bond acceptors (Lipinski definition) is 4. The van der Waals surface area contributed by atoms with E-state index in [9.17, 15) is 13.2 Å². The molecule has 2 N–H and O–H groups in total. The molecule has 2 fully saturated rings. The van der Waals surface area contributed by atoms with Crippen molar-refractivity contribution in [3.8, 4) is 11.1 Å². The average molecular weight is 416 g/mol. The van der Waals surface area contributed by atoms with Gasteiger partial charge in [0.25, 0.3) is 5.56 Å². The summed E-state index contributed by atoms with van der Waals surface area (Å²) in [6.07, 6.45) is 7.69. The normalized spacial score (nSPS) is 19.9. The minimum atomic E-state index is -3.50. The van der Waals surface area contributed by atoms with Crippen molar-refractivity contribution in [3.05, 3.63) is 47.0 Å². The maximum atomic E-state index is 12.8. The minimum Gasteiger partial charge on any atom is -0.370 e. The molecule has 3 heterocycles. The molecule has 1 aliphatic carbocycles. The average Bonchev–Trinajstić information content (AvgIpc) is 3.09. The first-order chi connectivity index (χ1) is 15.0. The van der Waals surface area contributed by atoms with E-state index in [2.05, 4.69) is 14.6 Å². The number of nitrogens with zero attached hydrogens (tertiary/aromatic N) is 2. The van der Waals surface area contributed by atoms with Crippen molar-refractivity contribution in [2.24, 2.45) is 12.4 Å². The van der Waals surface area contributed by atoms with Gasteiger partial charge in [-0.05, 0) is 37.1 Å². The van der Waals surface area contributed by atoms with E-state index in [1.54, 1.807) is 24.4 Å². The molecular formula is C21H24N4O3S. The molecule has 1 aromatic carbocycles. The van der Waals surface area contributed by atoms with Crippen LogP contribution >= 0.6 is 0 Å². The highest BCUT2D eigenvalue weighted by Gasteiger charge is 2.47. The molecule has 1 aliphatic heterocycles. The maximum Gasteiger partial charge on any atom is 0.274 e. The molecule has 1 saturated heterocycles. The zero-order valence-electron chi connectivity index (χ0n) is 19.0. The van der Waals surface area contributed by atoms with Gasteiger partial charge in [0.2, 0.25) is 10.0 Å². The second-order valence-electron chi connectivity index (χ2n) is 8.30. The first-order valence-electron chi connectivity index (χ1n) is 11.1. The van der Waals surface area contributed by atoms with Crippen LogP contribution in [0.1, 0.15) is 23.4 Å². The van der Waals surface area contributed by atoms with Gasteiger partial charge in [0.1, 0.15) is 5.52 Å². The van der Waals surface area contributed by atoms with Crippen molar-refractivity contribution in [2.45, 2.75) is 19.3 Å². The topological polar surface area (TPSA) is 87.2 Å². The second-order valence-corrected chi connectivity index (χ2v) is 10.0. The van der Waals surface area contributed by atoms with Crippen LogP contribution in [0.4, 0.5) is 11.4 Å². The van der Waals surface area contributed by atoms with Gasteiger partial charge < -0.3 is 14.5 Å². The summed E-state index contributed by atoms with van der Waals surface area (Å²) in [5.41, 5.74) is 2.43. The highest BCUT2D eigenvalue weighted by atomic mass is 32.2. The molecule has 2 aliphatic rings. The van der Waals surface area contributed by atoms with Gasteiger partial charge in [0, 0.05) is 69.9 Å². The summed E-state index contributed by atoms with van der Waals surface area (Å²) in [6, 6.07) is 7.01. The van der Waals surface area contributed by atoms with Gasteiger partial charge in [-0.2, -0.15) is 0 Å². The summed E-state index contributed by atoms with van der Waals surface area (Å²) < 4.78 is 50.3. The van der Waals surface area contributed by atoms with Gasteiger partial charge in [-0.25, -0.2) is 8.42 Å². The third-order valence-electron chi connectivity index (χ3n) is 6.13. The van der Waals surface area contributed by atoms with Crippen molar-refractivity contribution < 1.29 is 12.5 Å². The Bertz CT molecular complexity index is 1380. The smallest absolute Gasteiger partial charge is 0.274 e. The van der Waals surface area contributed by atoms with Crippen molar-refractivity contribution in [1.82, 2.24) is 9.55 Å². The molecular weight excluding hydrogens is 388 g/mol. The lowest BCUT2D eigenvalue weighted by Crippen LogP contribution is -2.60. The summed E-state index contributed by atoms with van der Waals surface area (Å²) in [5, 5.41) is 0.590. The highest BCUT2D eigenvalue weighted by Crippen LogP contribution is 2.51. The number of hydrogen-bond donors (Lipinski definition) is 2. The van der Waals surface area contributed by atoms with E-state index in [0.717, 1.165) is 29.6 Å². The Kier molecular flexibility index (Phi) is 3.20. The summed E-state index contributed by atoms with van der Waals surface area (Å²) >= 11 is 0. The van der Waals surface area contributed by atoms with E-state index in [1.807, 2.05) is 6.07 Å². The highest BCUT2D eigenvalue weighted by molar-refractivity contribution is 7.92. The van der Waals surface area contributed by atoms with Gasteiger partial charge >= 0.3 is 0 Å². The van der Waals surface area contributed by atoms with Crippen molar-refractivity contribution in [2.75, 3.05) is 29.0 Å². The van der Waals surface area contributed by atoms with Gasteiger partial charge in [-0.3, -0.25) is 9.52 Å². The Morgan fingerprint density at radius 1 is 1.21 bits per heavy atom. The standard InChI is InChI=1S/C21H24N4O3S/c1-24-11-17(15-6-9-22-19(15)20(24)26)16-10-14(23-29(2,27)28)4-5-18(16)25-12-21(13-25)7-3-8-21/h4-6,9-11,22-23H,3,7-8,12-13H2,1-2H3/i1D3. The van der Waals surface area contributed by atoms with Crippen LogP contribution in [-0.2, 0) is 17.0 Å². The molecule has 0 amide bonds. The zero-order chi connectivity index (χ0) is 22.9. The predicted molar refractivity (Wildman–Crippen MR) is 116 cm³/mol. The summed E-state index contributed by atoms with van der Waals surface area (Å²) in [4.78, 5) is 17.9. The first-order valence-corrected chi connectivity index (χ1v) is 11.5. The van der Waals surface area contributed by atoms with Gasteiger partial charge in [0.15, 0.2) is 0 Å². The number of aromatic nitrogens is 2. The van der Waals surface area contributed by atoms with Crippen LogP contribution in [0.3, 0.4) is 0 Å². The lowest BCUT2D eigenvalue weighted by molar-refractivity contribution is 0.0905. The molecule has 152 valence electrons. The molecule has 5 rings (SSSR count). The molecule has 1 saturated carbocycles. The Morgan fingerprint density at radius 2 is 2.00 bits per heavy atom. The molecule has 29 heavy (non-hydrogen) atoms. The molecule has 0 unspecified atom stereocenters. The Labute approximate surface area is 173 Å². The molecule has 7 nitrogen and oxygen atoms in total. The minimum absolute atomic E-state index is 0.199. The largest absolute Gasteiger partial charge is 0.370 e. The van der Waals surface area contributed by atoms with E-state index < -0.39 is 22.6 Å². The van der Waals surface area contributed by atoms with E-state index in [4.69, 9.17) is 4.11 Å². The summed E-state index contributed by atoms with van der Waals surface area (Å²) in [6.45, 7) is -0.831. The van der Waals surface area contributed by atoms with Gasteiger partial charge in [-0.15, -0.1) is 0 Å². The summed E-state index contributed by atoms with van der Waals surface area (Å²) in [7, 11) is -3.50. The molecule has 0 atom stereocenters. The quantitative estimate of drug-likeness (QED) is 0.686. The second kappa shape index (κ2) is 6.13. The third kappa shape index (κ3) is 3.02. The molecule has 3 aromatic rings. The van der Waals surface area contributed by atoms with E-state index in [1.165, 1.54) is 25.5 Å². The number of pyridine rings is 1. The number of anilines is 2. The molecule has 8 heteroatoms. The van der Waals surface area contributed by atoms with E-state index in [0.29, 0.717) is 27.6 Å². The van der Waals surface area contributed by atoms with Crippen LogP contribution in [0.2, 0.25) is 0 Å². The Balaban J connectivity index is 1.71. The molecule has 0 bridgehead atoms. The van der Waals surface area contributed by atoms with Crippen molar-refractivity contribution in [1.29, 1.82) is 0 Å².